The lowest BCUT2D eigenvalue weighted by molar-refractivity contribution is -0.123. The highest BCUT2D eigenvalue weighted by molar-refractivity contribution is 7.91. The molecule has 3 rings (SSSR count). The van der Waals surface area contributed by atoms with Gasteiger partial charge in [-0.1, -0.05) is 12.1 Å². The molecule has 21 heavy (non-hydrogen) atoms. The zero-order valence-electron chi connectivity index (χ0n) is 11.8. The van der Waals surface area contributed by atoms with E-state index in [9.17, 15) is 13.2 Å². The van der Waals surface area contributed by atoms with E-state index in [2.05, 4.69) is 16.0 Å². The largest absolute Gasteiger partial charge is 0.381 e. The van der Waals surface area contributed by atoms with Crippen LogP contribution in [0.1, 0.15) is 13.3 Å². The van der Waals surface area contributed by atoms with Crippen LogP contribution in [0.5, 0.6) is 0 Å². The minimum absolute atomic E-state index is 0.0163. The van der Waals surface area contributed by atoms with Gasteiger partial charge < -0.3 is 16.0 Å². The Morgan fingerprint density at radius 2 is 2.05 bits per heavy atom. The number of carbonyl (C=O) groups excluding carboxylic acids is 1. The summed E-state index contributed by atoms with van der Waals surface area (Å²) in [6.07, 6.45) is 0.470. The molecule has 114 valence electrons. The third-order valence-corrected chi connectivity index (χ3v) is 5.90. The van der Waals surface area contributed by atoms with Gasteiger partial charge in [-0.2, -0.15) is 0 Å². The molecular weight excluding hydrogens is 290 g/mol. The Kier molecular flexibility index (Phi) is 3.32. The normalized spacial score (nSPS) is 29.9. The molecule has 0 aromatic heterocycles. The zero-order valence-corrected chi connectivity index (χ0v) is 12.7. The first kappa shape index (κ1) is 14.2. The lowest BCUT2D eigenvalue weighted by Crippen LogP contribution is -2.54. The summed E-state index contributed by atoms with van der Waals surface area (Å²) in [5.41, 5.74) is 1.19. The molecule has 0 aliphatic carbocycles. The molecule has 0 radical (unpaired) electrons. The monoisotopic (exact) mass is 309 g/mol. The summed E-state index contributed by atoms with van der Waals surface area (Å²) < 4.78 is 23.2. The van der Waals surface area contributed by atoms with Crippen molar-refractivity contribution in [2.24, 2.45) is 0 Å². The van der Waals surface area contributed by atoms with Gasteiger partial charge in [0.25, 0.3) is 0 Å². The molecule has 7 heteroatoms. The predicted molar refractivity (Wildman–Crippen MR) is 82.2 cm³/mol. The summed E-state index contributed by atoms with van der Waals surface area (Å²) in [6.45, 7) is 2.27. The minimum Gasteiger partial charge on any atom is -0.381 e. The molecule has 1 amide bonds. The van der Waals surface area contributed by atoms with Gasteiger partial charge in [0.1, 0.15) is 6.04 Å². The van der Waals surface area contributed by atoms with Crippen molar-refractivity contribution in [1.82, 2.24) is 5.32 Å². The average molecular weight is 309 g/mol. The van der Waals surface area contributed by atoms with Crippen LogP contribution >= 0.6 is 0 Å². The van der Waals surface area contributed by atoms with E-state index in [0.29, 0.717) is 13.0 Å². The molecule has 3 N–H and O–H groups in total. The Labute approximate surface area is 124 Å². The van der Waals surface area contributed by atoms with Crippen LogP contribution in [0.4, 0.5) is 11.4 Å². The number of amides is 1. The number of anilines is 2. The van der Waals surface area contributed by atoms with Crippen LogP contribution in [-0.2, 0) is 14.6 Å². The molecule has 2 aliphatic heterocycles. The highest BCUT2D eigenvalue weighted by Gasteiger charge is 2.40. The molecule has 1 fully saturated rings. The fourth-order valence-electron chi connectivity index (χ4n) is 2.87. The Hall–Kier alpha value is -1.76. The molecule has 2 atom stereocenters. The van der Waals surface area contributed by atoms with E-state index in [4.69, 9.17) is 0 Å². The van der Waals surface area contributed by atoms with Gasteiger partial charge in [0.2, 0.25) is 5.91 Å². The Morgan fingerprint density at radius 1 is 1.33 bits per heavy atom. The van der Waals surface area contributed by atoms with E-state index in [1.807, 2.05) is 24.3 Å². The summed E-state index contributed by atoms with van der Waals surface area (Å²) >= 11 is 0. The topological polar surface area (TPSA) is 87.3 Å². The summed E-state index contributed by atoms with van der Waals surface area (Å²) in [5, 5.41) is 9.28. The Balaban J connectivity index is 1.68. The molecule has 1 saturated heterocycles. The maximum absolute atomic E-state index is 12.4. The van der Waals surface area contributed by atoms with Crippen LogP contribution in [0.15, 0.2) is 24.3 Å². The van der Waals surface area contributed by atoms with E-state index >= 15 is 0 Å². The first-order chi connectivity index (χ1) is 9.87. The van der Waals surface area contributed by atoms with Crippen molar-refractivity contribution in [3.63, 3.8) is 0 Å². The van der Waals surface area contributed by atoms with Gasteiger partial charge in [-0.05, 0) is 25.5 Å². The number of hydrogen-bond acceptors (Lipinski definition) is 5. The number of para-hydroxylation sites is 2. The first-order valence-electron chi connectivity index (χ1n) is 6.99. The molecule has 6 nitrogen and oxygen atoms in total. The second-order valence-electron chi connectivity index (χ2n) is 6.02. The van der Waals surface area contributed by atoms with Gasteiger partial charge in [-0.3, -0.25) is 4.79 Å². The predicted octanol–water partition coefficient (Wildman–Crippen LogP) is 0.586. The molecule has 2 unspecified atom stereocenters. The number of benzene rings is 1. The number of sulfone groups is 1. The molecular formula is C14H19N3O3S. The number of rotatable bonds is 2. The third kappa shape index (κ3) is 2.97. The molecule has 1 aromatic rings. The Morgan fingerprint density at radius 3 is 2.71 bits per heavy atom. The summed E-state index contributed by atoms with van der Waals surface area (Å²) in [4.78, 5) is 12.4. The van der Waals surface area contributed by atoms with E-state index in [1.165, 1.54) is 0 Å². The number of carbonyl (C=O) groups is 1. The maximum atomic E-state index is 12.4. The Bertz CT molecular complexity index is 674. The standard InChI is InChI=1S/C14H19N3O3S/c1-14(6-7-21(19,20)9-14)17-13(18)12-8-15-10-4-2-3-5-11(10)16-12/h2-5,12,15-16H,6-9H2,1H3,(H,17,18). The van der Waals surface area contributed by atoms with Gasteiger partial charge in [-0.25, -0.2) is 8.42 Å². The van der Waals surface area contributed by atoms with E-state index in [1.54, 1.807) is 6.92 Å². The molecule has 2 aliphatic rings. The maximum Gasteiger partial charge on any atom is 0.244 e. The van der Waals surface area contributed by atoms with Crippen LogP contribution in [-0.4, -0.2) is 44.0 Å². The van der Waals surface area contributed by atoms with Gasteiger partial charge in [0, 0.05) is 6.54 Å². The smallest absolute Gasteiger partial charge is 0.244 e. The molecule has 0 spiro atoms. The third-order valence-electron chi connectivity index (χ3n) is 4.00. The van der Waals surface area contributed by atoms with Gasteiger partial charge in [0.05, 0.1) is 28.4 Å². The fourth-order valence-corrected chi connectivity index (χ4v) is 4.96. The molecule has 1 aromatic carbocycles. The van der Waals surface area contributed by atoms with Crippen molar-refractivity contribution in [1.29, 1.82) is 0 Å². The first-order valence-corrected chi connectivity index (χ1v) is 8.81. The highest BCUT2D eigenvalue weighted by atomic mass is 32.2. The van der Waals surface area contributed by atoms with E-state index < -0.39 is 21.4 Å². The second-order valence-corrected chi connectivity index (χ2v) is 8.20. The molecule has 2 heterocycles. The van der Waals surface area contributed by atoms with Crippen molar-refractivity contribution in [3.05, 3.63) is 24.3 Å². The average Bonchev–Trinajstić information content (AvgIpc) is 2.71. The van der Waals surface area contributed by atoms with E-state index in [0.717, 1.165) is 11.4 Å². The van der Waals surface area contributed by atoms with Crippen molar-refractivity contribution < 1.29 is 13.2 Å². The second kappa shape index (κ2) is 4.91. The number of fused-ring (bicyclic) bond motifs is 1. The van der Waals surface area contributed by atoms with Gasteiger partial charge in [0.15, 0.2) is 9.84 Å². The summed E-state index contributed by atoms with van der Waals surface area (Å²) in [6, 6.07) is 7.28. The van der Waals surface area contributed by atoms with Gasteiger partial charge >= 0.3 is 0 Å². The SMILES string of the molecule is CC1(NC(=O)C2CNc3ccccc3N2)CCS(=O)(=O)C1. The minimum atomic E-state index is -3.03. The van der Waals surface area contributed by atoms with Crippen molar-refractivity contribution >= 4 is 27.1 Å². The van der Waals surface area contributed by atoms with Crippen LogP contribution in [0.2, 0.25) is 0 Å². The van der Waals surface area contributed by atoms with Crippen LogP contribution in [0, 0.1) is 0 Å². The summed E-state index contributed by atoms with van der Waals surface area (Å²) in [5.74, 6) is -0.0116. The van der Waals surface area contributed by atoms with Crippen LogP contribution < -0.4 is 16.0 Å². The number of nitrogens with one attached hydrogen (secondary N) is 3. The van der Waals surface area contributed by atoms with Gasteiger partial charge in [-0.15, -0.1) is 0 Å². The lowest BCUT2D eigenvalue weighted by Gasteiger charge is -2.31. The summed E-state index contributed by atoms with van der Waals surface area (Å²) in [7, 11) is -3.03. The highest BCUT2D eigenvalue weighted by Crippen LogP contribution is 2.26. The van der Waals surface area contributed by atoms with Crippen molar-refractivity contribution in [2.75, 3.05) is 28.7 Å². The van der Waals surface area contributed by atoms with Crippen LogP contribution in [0.25, 0.3) is 0 Å². The molecule has 0 bridgehead atoms. The van der Waals surface area contributed by atoms with E-state index in [-0.39, 0.29) is 17.4 Å². The zero-order chi connectivity index (χ0) is 15.1. The molecule has 0 saturated carbocycles. The quantitative estimate of drug-likeness (QED) is 0.744. The van der Waals surface area contributed by atoms with Crippen molar-refractivity contribution in [3.8, 4) is 0 Å². The number of hydrogen-bond donors (Lipinski definition) is 3. The van der Waals surface area contributed by atoms with Crippen molar-refractivity contribution in [2.45, 2.75) is 24.9 Å². The lowest BCUT2D eigenvalue weighted by atomic mass is 10.0. The fraction of sp³-hybridized carbons (Fsp3) is 0.500. The van der Waals surface area contributed by atoms with Crippen LogP contribution in [0.3, 0.4) is 0 Å².